The molecule has 0 bridgehead atoms. The molecule has 116 valence electrons. The molecule has 0 aliphatic heterocycles. The van der Waals surface area contributed by atoms with E-state index >= 15 is 0 Å². The Morgan fingerprint density at radius 2 is 2.19 bits per heavy atom. The molecule has 0 aromatic carbocycles. The lowest BCUT2D eigenvalue weighted by atomic mass is 10.2. The number of hydrogen-bond acceptors (Lipinski definition) is 2. The standard InChI is InChI=1S/C16H24ClN3O/c1-5-15(8-6-9-17)12-19-10-7-11-20(13-14(2)3)16(21)18-4/h5-6,8-9,12H,1-2,7,10-11,13H2,3-4H3,(H,18,21)/b9-6+,15-8+,19-12?. The molecular weight excluding hydrogens is 286 g/mol. The summed E-state index contributed by atoms with van der Waals surface area (Å²) >= 11 is 5.45. The fraction of sp³-hybridized carbons (Fsp3) is 0.375. The number of halogens is 1. The van der Waals surface area contributed by atoms with Gasteiger partial charge in [0.1, 0.15) is 0 Å². The fourth-order valence-corrected chi connectivity index (χ4v) is 1.64. The topological polar surface area (TPSA) is 44.7 Å². The Labute approximate surface area is 132 Å². The van der Waals surface area contributed by atoms with Crippen LogP contribution >= 0.6 is 11.6 Å². The van der Waals surface area contributed by atoms with Gasteiger partial charge in [-0.3, -0.25) is 4.99 Å². The number of amides is 2. The molecule has 0 saturated heterocycles. The normalized spacial score (nSPS) is 11.9. The van der Waals surface area contributed by atoms with Gasteiger partial charge in [0.15, 0.2) is 0 Å². The first kappa shape index (κ1) is 19.2. The van der Waals surface area contributed by atoms with Crippen molar-refractivity contribution in [1.82, 2.24) is 10.2 Å². The molecule has 0 aromatic heterocycles. The zero-order chi connectivity index (χ0) is 16.1. The Balaban J connectivity index is 4.29. The van der Waals surface area contributed by atoms with Gasteiger partial charge in [-0.15, -0.1) is 0 Å². The van der Waals surface area contributed by atoms with Crippen molar-refractivity contribution in [3.8, 4) is 0 Å². The molecule has 5 heteroatoms. The lowest BCUT2D eigenvalue weighted by Crippen LogP contribution is -2.39. The molecule has 21 heavy (non-hydrogen) atoms. The van der Waals surface area contributed by atoms with Crippen LogP contribution in [0.15, 0.2) is 53.1 Å². The summed E-state index contributed by atoms with van der Waals surface area (Å²) in [7, 11) is 1.62. The van der Waals surface area contributed by atoms with Gasteiger partial charge in [0.2, 0.25) is 0 Å². The molecule has 0 aromatic rings. The van der Waals surface area contributed by atoms with Crippen molar-refractivity contribution in [3.05, 3.63) is 48.1 Å². The molecule has 0 atom stereocenters. The van der Waals surface area contributed by atoms with Gasteiger partial charge < -0.3 is 10.2 Å². The van der Waals surface area contributed by atoms with Gasteiger partial charge in [-0.1, -0.05) is 48.6 Å². The number of nitrogens with zero attached hydrogens (tertiary/aromatic N) is 2. The minimum Gasteiger partial charge on any atom is -0.341 e. The number of carbonyl (C=O) groups is 1. The van der Waals surface area contributed by atoms with Gasteiger partial charge in [-0.2, -0.15) is 0 Å². The number of rotatable bonds is 9. The third kappa shape index (κ3) is 9.68. The van der Waals surface area contributed by atoms with Gasteiger partial charge in [0.05, 0.1) is 0 Å². The highest BCUT2D eigenvalue weighted by Gasteiger charge is 2.10. The van der Waals surface area contributed by atoms with Crippen LogP contribution in [0.1, 0.15) is 13.3 Å². The van der Waals surface area contributed by atoms with Gasteiger partial charge in [0.25, 0.3) is 0 Å². The second kappa shape index (κ2) is 12.0. The summed E-state index contributed by atoms with van der Waals surface area (Å²) in [4.78, 5) is 17.7. The molecule has 1 N–H and O–H groups in total. The number of nitrogens with one attached hydrogen (secondary N) is 1. The van der Waals surface area contributed by atoms with E-state index < -0.39 is 0 Å². The minimum absolute atomic E-state index is 0.0964. The van der Waals surface area contributed by atoms with Gasteiger partial charge >= 0.3 is 6.03 Å². The maximum absolute atomic E-state index is 11.7. The highest BCUT2D eigenvalue weighted by atomic mass is 35.5. The molecule has 0 heterocycles. The summed E-state index contributed by atoms with van der Waals surface area (Å²) in [5, 5.41) is 2.63. The number of carbonyl (C=O) groups excluding carboxylic acids is 1. The van der Waals surface area contributed by atoms with E-state index in [-0.39, 0.29) is 6.03 Å². The molecule has 0 radical (unpaired) electrons. The van der Waals surface area contributed by atoms with E-state index in [1.165, 1.54) is 5.54 Å². The van der Waals surface area contributed by atoms with Gasteiger partial charge in [-0.25, -0.2) is 4.79 Å². The third-order valence-corrected chi connectivity index (χ3v) is 2.66. The zero-order valence-corrected chi connectivity index (χ0v) is 13.6. The lowest BCUT2D eigenvalue weighted by molar-refractivity contribution is 0.204. The fourth-order valence-electron chi connectivity index (χ4n) is 1.57. The van der Waals surface area contributed by atoms with Crippen molar-refractivity contribution in [1.29, 1.82) is 0 Å². The van der Waals surface area contributed by atoms with Crippen molar-refractivity contribution in [2.45, 2.75) is 13.3 Å². The Bertz CT molecular complexity index is 439. The summed E-state index contributed by atoms with van der Waals surface area (Å²) < 4.78 is 0. The molecule has 0 aliphatic rings. The monoisotopic (exact) mass is 309 g/mol. The van der Waals surface area contributed by atoms with Crippen LogP contribution in [0, 0.1) is 0 Å². The summed E-state index contributed by atoms with van der Waals surface area (Å²) in [5.41, 5.74) is 3.26. The first-order valence-electron chi connectivity index (χ1n) is 6.75. The van der Waals surface area contributed by atoms with Crippen LogP contribution < -0.4 is 5.32 Å². The summed E-state index contributed by atoms with van der Waals surface area (Å²) in [6, 6.07) is -0.0964. The van der Waals surface area contributed by atoms with E-state index in [1.54, 1.807) is 30.3 Å². The number of urea groups is 1. The largest absolute Gasteiger partial charge is 0.341 e. The Morgan fingerprint density at radius 3 is 2.71 bits per heavy atom. The number of aliphatic imine (C=N–C) groups is 1. The third-order valence-electron chi connectivity index (χ3n) is 2.51. The molecular formula is C16H24ClN3O. The van der Waals surface area contributed by atoms with Gasteiger partial charge in [-0.05, 0) is 18.9 Å². The van der Waals surface area contributed by atoms with Crippen LogP contribution in [0.5, 0.6) is 0 Å². The summed E-state index contributed by atoms with van der Waals surface area (Å²) in [6.45, 7) is 11.3. The molecule has 0 spiro atoms. The van der Waals surface area contributed by atoms with Crippen molar-refractivity contribution in [2.75, 3.05) is 26.7 Å². The summed E-state index contributed by atoms with van der Waals surface area (Å²) in [6.07, 6.45) is 7.77. The average molecular weight is 310 g/mol. The van der Waals surface area contributed by atoms with Crippen LogP contribution in [0.3, 0.4) is 0 Å². The van der Waals surface area contributed by atoms with E-state index in [2.05, 4.69) is 23.5 Å². The first-order chi connectivity index (χ1) is 10.0. The number of allylic oxidation sites excluding steroid dienone is 4. The number of hydrogen-bond donors (Lipinski definition) is 1. The molecule has 0 fully saturated rings. The van der Waals surface area contributed by atoms with Crippen LogP contribution in [-0.4, -0.2) is 43.8 Å². The van der Waals surface area contributed by atoms with Crippen molar-refractivity contribution in [2.24, 2.45) is 4.99 Å². The minimum atomic E-state index is -0.0964. The second-order valence-electron chi connectivity index (χ2n) is 4.51. The van der Waals surface area contributed by atoms with Crippen LogP contribution in [0.2, 0.25) is 0 Å². The van der Waals surface area contributed by atoms with E-state index in [0.29, 0.717) is 19.6 Å². The Morgan fingerprint density at radius 1 is 1.48 bits per heavy atom. The predicted molar refractivity (Wildman–Crippen MR) is 92.1 cm³/mol. The molecule has 0 saturated carbocycles. The molecule has 2 amide bonds. The molecule has 0 rings (SSSR count). The maximum Gasteiger partial charge on any atom is 0.317 e. The average Bonchev–Trinajstić information content (AvgIpc) is 2.47. The molecule has 0 aliphatic carbocycles. The van der Waals surface area contributed by atoms with Crippen LogP contribution in [0.4, 0.5) is 4.79 Å². The van der Waals surface area contributed by atoms with E-state index in [4.69, 9.17) is 11.6 Å². The Kier molecular flexibility index (Phi) is 10.9. The van der Waals surface area contributed by atoms with Crippen molar-refractivity contribution in [3.63, 3.8) is 0 Å². The molecule has 4 nitrogen and oxygen atoms in total. The zero-order valence-electron chi connectivity index (χ0n) is 12.8. The van der Waals surface area contributed by atoms with Crippen molar-refractivity contribution >= 4 is 23.8 Å². The van der Waals surface area contributed by atoms with E-state index in [1.807, 2.05) is 13.0 Å². The molecule has 0 unspecified atom stereocenters. The van der Waals surface area contributed by atoms with Crippen LogP contribution in [-0.2, 0) is 0 Å². The quantitative estimate of drug-likeness (QED) is 0.301. The van der Waals surface area contributed by atoms with Gasteiger partial charge in [0, 0.05) is 38.4 Å². The van der Waals surface area contributed by atoms with Crippen molar-refractivity contribution < 1.29 is 4.79 Å². The second-order valence-corrected chi connectivity index (χ2v) is 4.76. The summed E-state index contributed by atoms with van der Waals surface area (Å²) in [5.74, 6) is 0. The predicted octanol–water partition coefficient (Wildman–Crippen LogP) is 3.53. The highest BCUT2D eigenvalue weighted by Crippen LogP contribution is 1.99. The first-order valence-corrected chi connectivity index (χ1v) is 7.19. The maximum atomic E-state index is 11.7. The smallest absolute Gasteiger partial charge is 0.317 e. The van der Waals surface area contributed by atoms with E-state index in [9.17, 15) is 4.79 Å². The Hall–Kier alpha value is -1.81. The van der Waals surface area contributed by atoms with Crippen LogP contribution in [0.25, 0.3) is 0 Å². The lowest BCUT2D eigenvalue weighted by Gasteiger charge is -2.21. The highest BCUT2D eigenvalue weighted by molar-refractivity contribution is 6.25. The van der Waals surface area contributed by atoms with E-state index in [0.717, 1.165) is 17.6 Å². The SMILES string of the molecule is C=C/C(C=NCCCN(CC(=C)C)C(=O)NC)=C\C=C\Cl.